The number of rotatable bonds is 5. The number of nitrogens with one attached hydrogen (secondary N) is 2. The minimum absolute atomic E-state index is 0. The predicted molar refractivity (Wildman–Crippen MR) is 249 cm³/mol. The Kier molecular flexibility index (Phi) is 28.9. The Balaban J connectivity index is -0.000000341. The van der Waals surface area contributed by atoms with Gasteiger partial charge in [0.2, 0.25) is 0 Å². The zero-order chi connectivity index (χ0) is 39.7. The van der Waals surface area contributed by atoms with Crippen LogP contribution in [-0.4, -0.2) is 66.9 Å². The standard InChI is InChI=1S/C12H16N2O2.C12H18N2.C10H20N2O2.C6H4FNO2.5CH4.H2/c1-10-6-8-13(9-7-10)11-2-4-12(5-3-11)14(15)16;1-10-6-8-14(9-7-10)12-4-2-11(13)3-5-12;1-10(2,3)14-9(13)12-8-4-6-11-7-5-8;7-5-1-3-6(4-2-5)8(9)10;;;;;;/h2-5,10H,6-9H2,1H3;2-5,10H,6-9,13H2,1H3;8,11H,4-7H2,1-3H3,(H,12,13);1-4H;5*1H4;1H. The Labute approximate surface area is 357 Å². The fraction of sp³-hybridized carbons (Fsp3) is 0.578. The van der Waals surface area contributed by atoms with E-state index in [1.165, 1.54) is 44.5 Å². The number of carbonyl (C=O) groups is 1. The number of carbonyl (C=O) groups excluding carboxylic acids is 1. The lowest BCUT2D eigenvalue weighted by molar-refractivity contribution is -0.385. The van der Waals surface area contributed by atoms with Crippen LogP contribution in [0.1, 0.15) is 112 Å². The van der Waals surface area contributed by atoms with Gasteiger partial charge < -0.3 is 30.9 Å². The molecule has 0 unspecified atom stereocenters. The predicted octanol–water partition coefficient (Wildman–Crippen LogP) is 11.8. The van der Waals surface area contributed by atoms with Gasteiger partial charge in [0.15, 0.2) is 0 Å². The summed E-state index contributed by atoms with van der Waals surface area (Å²) in [5, 5.41) is 26.6. The molecule has 0 atom stereocenters. The molecule has 0 saturated carbocycles. The van der Waals surface area contributed by atoms with E-state index in [9.17, 15) is 29.4 Å². The Morgan fingerprint density at radius 3 is 1.42 bits per heavy atom. The largest absolute Gasteiger partial charge is 0.444 e. The number of hydrogen-bond acceptors (Lipinski definition) is 10. The highest BCUT2D eigenvalue weighted by atomic mass is 19.1. The van der Waals surface area contributed by atoms with E-state index >= 15 is 0 Å². The second kappa shape index (κ2) is 29.3. The molecule has 0 bridgehead atoms. The number of hydrogen-bond donors (Lipinski definition) is 3. The van der Waals surface area contributed by atoms with E-state index in [0.29, 0.717) is 0 Å². The number of anilines is 3. The van der Waals surface area contributed by atoms with Crippen LogP contribution in [0.5, 0.6) is 0 Å². The summed E-state index contributed by atoms with van der Waals surface area (Å²) in [5.41, 5.74) is 8.57. The number of nitro groups is 2. The quantitative estimate of drug-likeness (QED) is 0.128. The van der Waals surface area contributed by atoms with Gasteiger partial charge in [-0.1, -0.05) is 51.0 Å². The second-order valence-corrected chi connectivity index (χ2v) is 15.1. The molecule has 13 nitrogen and oxygen atoms in total. The van der Waals surface area contributed by atoms with Crippen molar-refractivity contribution in [3.63, 3.8) is 0 Å². The first kappa shape index (κ1) is 58.3. The van der Waals surface area contributed by atoms with Crippen molar-refractivity contribution in [2.24, 2.45) is 11.8 Å². The first-order chi connectivity index (χ1) is 25.6. The van der Waals surface area contributed by atoms with Gasteiger partial charge in [-0.2, -0.15) is 0 Å². The number of piperidine rings is 3. The number of nitro benzene ring substituents is 2. The average Bonchev–Trinajstić information content (AvgIpc) is 3.13. The third-order valence-electron chi connectivity index (χ3n) is 9.35. The molecular formula is C45H80FN7O6. The Bertz CT molecular complexity index is 1570. The number of alkyl carbamates (subject to hydrolysis) is 1. The zero-order valence-electron chi connectivity index (χ0n) is 32.3. The fourth-order valence-electron chi connectivity index (χ4n) is 6.01. The van der Waals surface area contributed by atoms with Gasteiger partial charge in [0, 0.05) is 75.0 Å². The van der Waals surface area contributed by atoms with E-state index in [2.05, 4.69) is 46.4 Å². The summed E-state index contributed by atoms with van der Waals surface area (Å²) < 4.78 is 17.3. The summed E-state index contributed by atoms with van der Waals surface area (Å²) in [7, 11) is 0. The van der Waals surface area contributed by atoms with Crippen LogP contribution in [0, 0.1) is 37.9 Å². The van der Waals surface area contributed by atoms with Crippen molar-refractivity contribution in [2.75, 3.05) is 54.8 Å². The van der Waals surface area contributed by atoms with E-state index < -0.39 is 16.3 Å². The van der Waals surface area contributed by atoms with Crippen LogP contribution < -0.4 is 26.2 Å². The smallest absolute Gasteiger partial charge is 0.407 e. The van der Waals surface area contributed by atoms with Gasteiger partial charge >= 0.3 is 6.09 Å². The third-order valence-corrected chi connectivity index (χ3v) is 9.35. The van der Waals surface area contributed by atoms with Gasteiger partial charge in [-0.15, -0.1) is 0 Å². The monoisotopic (exact) mass is 834 g/mol. The number of nitrogens with two attached hydrogens (primary N) is 1. The summed E-state index contributed by atoms with van der Waals surface area (Å²) in [6.07, 6.45) is 6.70. The summed E-state index contributed by atoms with van der Waals surface area (Å²) in [6.45, 7) is 16.6. The first-order valence-electron chi connectivity index (χ1n) is 18.8. The highest BCUT2D eigenvalue weighted by Gasteiger charge is 2.21. The number of amides is 1. The molecule has 3 heterocycles. The van der Waals surface area contributed by atoms with E-state index in [1.54, 1.807) is 12.1 Å². The van der Waals surface area contributed by atoms with Crippen molar-refractivity contribution in [2.45, 2.75) is 122 Å². The van der Waals surface area contributed by atoms with Crippen molar-refractivity contribution < 1.29 is 25.2 Å². The number of nitrogen functional groups attached to an aromatic ring is 1. The van der Waals surface area contributed by atoms with Crippen molar-refractivity contribution in [1.29, 1.82) is 0 Å². The molecule has 59 heavy (non-hydrogen) atoms. The lowest BCUT2D eigenvalue weighted by Crippen LogP contribution is -2.44. The van der Waals surface area contributed by atoms with E-state index in [-0.39, 0.29) is 67.0 Å². The van der Waals surface area contributed by atoms with E-state index in [0.717, 1.165) is 86.5 Å². The molecule has 0 aliphatic carbocycles. The molecule has 3 aliphatic rings. The molecule has 3 saturated heterocycles. The SMILES string of the molecule is C.C.C.C.C.CC(C)(C)OC(=O)NC1CCNCC1.CC1CCN(c2ccc(N)cc2)CC1.CC1CCN(c2ccc([N+](=O)[O-])cc2)CC1.O=[N+]([O-])c1ccc(F)cc1.[HH]. The zero-order valence-corrected chi connectivity index (χ0v) is 32.3. The molecule has 4 N–H and O–H groups in total. The van der Waals surface area contributed by atoms with Crippen LogP contribution in [0.3, 0.4) is 0 Å². The fourth-order valence-corrected chi connectivity index (χ4v) is 6.01. The van der Waals surface area contributed by atoms with Crippen LogP contribution in [0.15, 0.2) is 72.8 Å². The van der Waals surface area contributed by atoms with Gasteiger partial charge in [0.25, 0.3) is 11.4 Å². The molecule has 1 amide bonds. The molecule has 0 spiro atoms. The molecule has 6 rings (SSSR count). The molecule has 338 valence electrons. The van der Waals surface area contributed by atoms with Crippen molar-refractivity contribution in [3.8, 4) is 0 Å². The maximum atomic E-state index is 12.1. The van der Waals surface area contributed by atoms with Crippen LogP contribution >= 0.6 is 0 Å². The molecule has 0 aromatic heterocycles. The Morgan fingerprint density at radius 1 is 0.712 bits per heavy atom. The minimum Gasteiger partial charge on any atom is -0.444 e. The highest BCUT2D eigenvalue weighted by Crippen LogP contribution is 2.25. The van der Waals surface area contributed by atoms with Gasteiger partial charge in [-0.05, 0) is 133 Å². The van der Waals surface area contributed by atoms with Gasteiger partial charge in [-0.25, -0.2) is 9.18 Å². The Hall–Kier alpha value is -4.98. The number of benzene rings is 3. The van der Waals surface area contributed by atoms with Crippen LogP contribution in [0.4, 0.5) is 37.6 Å². The Morgan fingerprint density at radius 2 is 1.07 bits per heavy atom. The van der Waals surface area contributed by atoms with Crippen LogP contribution in [0.2, 0.25) is 0 Å². The van der Waals surface area contributed by atoms with Crippen molar-refractivity contribution in [1.82, 2.24) is 10.6 Å². The first-order valence-corrected chi connectivity index (χ1v) is 18.8. The number of nitrogens with zero attached hydrogens (tertiary/aromatic N) is 4. The number of non-ortho nitro benzene ring substituents is 2. The number of ether oxygens (including phenoxy) is 1. The average molecular weight is 834 g/mol. The molecule has 3 aromatic carbocycles. The maximum Gasteiger partial charge on any atom is 0.407 e. The van der Waals surface area contributed by atoms with Crippen molar-refractivity contribution >= 4 is 34.5 Å². The maximum absolute atomic E-state index is 12.1. The molecule has 3 aliphatic heterocycles. The van der Waals surface area contributed by atoms with E-state index in [1.807, 2.05) is 45.0 Å². The molecular weight excluding hydrogens is 754 g/mol. The number of halogens is 1. The van der Waals surface area contributed by atoms with Gasteiger partial charge in [-0.3, -0.25) is 20.2 Å². The summed E-state index contributed by atoms with van der Waals surface area (Å²) >= 11 is 0. The lowest BCUT2D eigenvalue weighted by Gasteiger charge is -2.32. The topological polar surface area (TPSA) is 169 Å². The molecule has 3 aromatic rings. The summed E-state index contributed by atoms with van der Waals surface area (Å²) in [4.78, 5) is 35.7. The van der Waals surface area contributed by atoms with Gasteiger partial charge in [0.05, 0.1) is 9.85 Å². The molecule has 0 radical (unpaired) electrons. The highest BCUT2D eigenvalue weighted by molar-refractivity contribution is 5.68. The van der Waals surface area contributed by atoms with Crippen LogP contribution in [0.25, 0.3) is 0 Å². The third kappa shape index (κ3) is 22.7. The normalized spacial score (nSPS) is 15.2. The van der Waals surface area contributed by atoms with E-state index in [4.69, 9.17) is 10.5 Å². The summed E-state index contributed by atoms with van der Waals surface area (Å²) in [5.74, 6) is 1.22. The van der Waals surface area contributed by atoms with Crippen LogP contribution in [-0.2, 0) is 4.74 Å². The van der Waals surface area contributed by atoms with Gasteiger partial charge in [0.1, 0.15) is 11.4 Å². The summed E-state index contributed by atoms with van der Waals surface area (Å²) in [6, 6.07) is 19.6. The molecule has 14 heteroatoms. The minimum atomic E-state index is -0.570. The second-order valence-electron chi connectivity index (χ2n) is 15.1. The van der Waals surface area contributed by atoms with Crippen molar-refractivity contribution in [3.05, 3.63) is 98.8 Å². The lowest BCUT2D eigenvalue weighted by atomic mass is 9.99. The molecule has 3 fully saturated rings.